The second-order valence-electron chi connectivity index (χ2n) is 11.4. The van der Waals surface area contributed by atoms with Crippen LogP contribution in [-0.2, 0) is 5.41 Å². The Morgan fingerprint density at radius 2 is 0.977 bits per heavy atom. The number of hydrogen-bond acceptors (Lipinski definition) is 3. The normalized spacial score (nSPS) is 12.7. The standard InChI is InChI=1S/C41H35NO2/c1-28-25-33(43-3)20-23-39(28)42(40-24-21-34(44-4)26-29(40)2)32-19-22-36-35-17-11-12-18-37(35)41(38(36)27-32,30-13-7-5-8-14-30)31-15-9-6-10-16-31/h5-27H,1-4H3. The van der Waals surface area contributed by atoms with Crippen molar-refractivity contribution >= 4 is 17.1 Å². The number of rotatable bonds is 7. The fourth-order valence-corrected chi connectivity index (χ4v) is 6.99. The molecule has 0 spiro atoms. The van der Waals surface area contributed by atoms with Crippen LogP contribution in [0.2, 0.25) is 0 Å². The largest absolute Gasteiger partial charge is 0.497 e. The van der Waals surface area contributed by atoms with Gasteiger partial charge in [0.15, 0.2) is 0 Å². The SMILES string of the molecule is COc1ccc(N(c2ccc3c(c2)C(c2ccccc2)(c2ccccc2)c2ccccc2-3)c2ccc(OC)cc2C)c(C)c1. The Morgan fingerprint density at radius 3 is 1.50 bits per heavy atom. The number of benzene rings is 6. The summed E-state index contributed by atoms with van der Waals surface area (Å²) < 4.78 is 11.2. The summed E-state index contributed by atoms with van der Waals surface area (Å²) in [6, 6.07) is 50.3. The monoisotopic (exact) mass is 573 g/mol. The Balaban J connectivity index is 1.54. The van der Waals surface area contributed by atoms with Crippen molar-refractivity contribution in [1.29, 1.82) is 0 Å². The van der Waals surface area contributed by atoms with Gasteiger partial charge in [-0.1, -0.05) is 91.0 Å². The van der Waals surface area contributed by atoms with E-state index < -0.39 is 5.41 Å². The zero-order chi connectivity index (χ0) is 30.3. The van der Waals surface area contributed by atoms with E-state index in [1.165, 1.54) is 33.4 Å². The van der Waals surface area contributed by atoms with Crippen molar-refractivity contribution in [2.45, 2.75) is 19.3 Å². The third-order valence-electron chi connectivity index (χ3n) is 8.99. The number of ether oxygens (including phenoxy) is 2. The Kier molecular flexibility index (Phi) is 6.94. The lowest BCUT2D eigenvalue weighted by molar-refractivity contribution is 0.414. The van der Waals surface area contributed by atoms with Crippen molar-refractivity contribution in [2.75, 3.05) is 19.1 Å². The van der Waals surface area contributed by atoms with Crippen LogP contribution in [-0.4, -0.2) is 14.2 Å². The molecule has 0 bridgehead atoms. The highest BCUT2D eigenvalue weighted by Crippen LogP contribution is 2.57. The summed E-state index contributed by atoms with van der Waals surface area (Å²) >= 11 is 0. The first-order valence-electron chi connectivity index (χ1n) is 15.0. The van der Waals surface area contributed by atoms with Crippen molar-refractivity contribution in [3.05, 3.63) is 173 Å². The zero-order valence-electron chi connectivity index (χ0n) is 25.5. The molecule has 3 nitrogen and oxygen atoms in total. The summed E-state index contributed by atoms with van der Waals surface area (Å²) in [6.07, 6.45) is 0. The number of aryl methyl sites for hydroxylation is 2. The van der Waals surface area contributed by atoms with Crippen molar-refractivity contribution in [2.24, 2.45) is 0 Å². The predicted molar refractivity (Wildman–Crippen MR) is 181 cm³/mol. The molecule has 0 atom stereocenters. The Hall–Kier alpha value is -5.28. The van der Waals surface area contributed by atoms with Crippen LogP contribution in [0.25, 0.3) is 11.1 Å². The molecule has 0 amide bonds. The average molecular weight is 574 g/mol. The molecule has 3 heteroatoms. The first-order valence-corrected chi connectivity index (χ1v) is 15.0. The summed E-state index contributed by atoms with van der Waals surface area (Å²) in [7, 11) is 3.43. The smallest absolute Gasteiger partial charge is 0.119 e. The molecule has 1 aliphatic rings. The molecule has 0 aromatic heterocycles. The Bertz CT molecular complexity index is 1870. The third kappa shape index (κ3) is 4.27. The van der Waals surface area contributed by atoms with E-state index in [1.807, 2.05) is 12.1 Å². The number of fused-ring (bicyclic) bond motifs is 3. The van der Waals surface area contributed by atoms with Gasteiger partial charge in [-0.2, -0.15) is 0 Å². The molecule has 0 unspecified atom stereocenters. The fourth-order valence-electron chi connectivity index (χ4n) is 6.99. The lowest BCUT2D eigenvalue weighted by Crippen LogP contribution is -2.28. The molecule has 0 fully saturated rings. The van der Waals surface area contributed by atoms with E-state index in [4.69, 9.17) is 9.47 Å². The number of methoxy groups -OCH3 is 2. The van der Waals surface area contributed by atoms with Crippen LogP contribution < -0.4 is 14.4 Å². The van der Waals surface area contributed by atoms with Gasteiger partial charge in [-0.25, -0.2) is 0 Å². The van der Waals surface area contributed by atoms with Gasteiger partial charge in [-0.3, -0.25) is 0 Å². The Morgan fingerprint density at radius 1 is 0.477 bits per heavy atom. The highest BCUT2D eigenvalue weighted by Gasteiger charge is 2.46. The number of hydrogen-bond donors (Lipinski definition) is 0. The van der Waals surface area contributed by atoms with E-state index in [-0.39, 0.29) is 0 Å². The van der Waals surface area contributed by atoms with Crippen molar-refractivity contribution in [3.63, 3.8) is 0 Å². The number of nitrogens with zero attached hydrogens (tertiary/aromatic N) is 1. The van der Waals surface area contributed by atoms with Gasteiger partial charge in [0.1, 0.15) is 11.5 Å². The lowest BCUT2D eigenvalue weighted by atomic mass is 9.67. The maximum atomic E-state index is 5.58. The molecule has 44 heavy (non-hydrogen) atoms. The van der Waals surface area contributed by atoms with Gasteiger partial charge in [0.05, 0.1) is 19.6 Å². The van der Waals surface area contributed by atoms with Gasteiger partial charge in [-0.15, -0.1) is 0 Å². The predicted octanol–water partition coefficient (Wildman–Crippen LogP) is 10.2. The van der Waals surface area contributed by atoms with Crippen LogP contribution in [0.3, 0.4) is 0 Å². The second-order valence-corrected chi connectivity index (χ2v) is 11.4. The molecular formula is C41H35NO2. The first kappa shape index (κ1) is 27.5. The zero-order valence-corrected chi connectivity index (χ0v) is 25.5. The van der Waals surface area contributed by atoms with Crippen LogP contribution in [0.1, 0.15) is 33.4 Å². The molecule has 0 N–H and O–H groups in total. The molecule has 0 heterocycles. The van der Waals surface area contributed by atoms with E-state index in [0.29, 0.717) is 0 Å². The third-order valence-corrected chi connectivity index (χ3v) is 8.99. The topological polar surface area (TPSA) is 21.7 Å². The van der Waals surface area contributed by atoms with Gasteiger partial charge < -0.3 is 14.4 Å². The minimum Gasteiger partial charge on any atom is -0.497 e. The van der Waals surface area contributed by atoms with Crippen LogP contribution in [0.4, 0.5) is 17.1 Å². The van der Waals surface area contributed by atoms with Crippen LogP contribution in [0, 0.1) is 13.8 Å². The quantitative estimate of drug-likeness (QED) is 0.189. The van der Waals surface area contributed by atoms with Crippen molar-refractivity contribution in [3.8, 4) is 22.6 Å². The molecule has 6 aromatic rings. The van der Waals surface area contributed by atoms with E-state index >= 15 is 0 Å². The van der Waals surface area contributed by atoms with E-state index in [0.717, 1.165) is 39.7 Å². The maximum absolute atomic E-state index is 5.58. The summed E-state index contributed by atoms with van der Waals surface area (Å²) in [5.74, 6) is 1.68. The summed E-state index contributed by atoms with van der Waals surface area (Å²) in [4.78, 5) is 2.37. The first-order chi connectivity index (χ1) is 21.6. The molecule has 0 saturated heterocycles. The molecule has 0 radical (unpaired) electrons. The van der Waals surface area contributed by atoms with Gasteiger partial charge in [-0.05, 0) is 107 Å². The van der Waals surface area contributed by atoms with Gasteiger partial charge in [0, 0.05) is 17.1 Å². The van der Waals surface area contributed by atoms with Crippen LogP contribution in [0.15, 0.2) is 140 Å². The van der Waals surface area contributed by atoms with Crippen molar-refractivity contribution in [1.82, 2.24) is 0 Å². The van der Waals surface area contributed by atoms with E-state index in [9.17, 15) is 0 Å². The molecule has 7 rings (SSSR count). The molecule has 0 saturated carbocycles. The van der Waals surface area contributed by atoms with Gasteiger partial charge in [0.25, 0.3) is 0 Å². The Labute approximate surface area is 260 Å². The maximum Gasteiger partial charge on any atom is 0.119 e. The lowest BCUT2D eigenvalue weighted by Gasteiger charge is -2.35. The fraction of sp³-hybridized carbons (Fsp3) is 0.122. The van der Waals surface area contributed by atoms with Crippen LogP contribution in [0.5, 0.6) is 11.5 Å². The summed E-state index contributed by atoms with van der Waals surface area (Å²) in [5, 5.41) is 0. The second kappa shape index (κ2) is 11.1. The molecule has 0 aliphatic heterocycles. The van der Waals surface area contributed by atoms with Crippen LogP contribution >= 0.6 is 0 Å². The minimum atomic E-state index is -0.472. The number of anilines is 3. The molecule has 1 aliphatic carbocycles. The average Bonchev–Trinajstić information content (AvgIpc) is 3.37. The van der Waals surface area contributed by atoms with E-state index in [2.05, 4.69) is 146 Å². The molecule has 6 aromatic carbocycles. The molecule has 216 valence electrons. The van der Waals surface area contributed by atoms with E-state index in [1.54, 1.807) is 14.2 Å². The van der Waals surface area contributed by atoms with Crippen molar-refractivity contribution < 1.29 is 9.47 Å². The van der Waals surface area contributed by atoms with Gasteiger partial charge >= 0.3 is 0 Å². The highest BCUT2D eigenvalue weighted by molar-refractivity contribution is 5.90. The highest BCUT2D eigenvalue weighted by atomic mass is 16.5. The molecular weight excluding hydrogens is 538 g/mol. The van der Waals surface area contributed by atoms with Gasteiger partial charge in [0.2, 0.25) is 0 Å². The summed E-state index contributed by atoms with van der Waals surface area (Å²) in [6.45, 7) is 4.29. The summed E-state index contributed by atoms with van der Waals surface area (Å²) in [5.41, 5.74) is 12.7. The minimum absolute atomic E-state index is 0.472.